The van der Waals surface area contributed by atoms with E-state index in [1.807, 2.05) is 13.8 Å². The smallest absolute Gasteiger partial charge is 0.332 e. The van der Waals surface area contributed by atoms with Gasteiger partial charge in [-0.15, -0.1) is 0 Å². The summed E-state index contributed by atoms with van der Waals surface area (Å²) in [5.74, 6) is 0.797. The molecule has 1 aromatic carbocycles. The first-order chi connectivity index (χ1) is 14.8. The molecule has 0 aliphatic rings. The van der Waals surface area contributed by atoms with Gasteiger partial charge in [-0.05, 0) is 32.0 Å². The van der Waals surface area contributed by atoms with Crippen LogP contribution in [0.25, 0.3) is 22.1 Å². The normalized spacial score (nSPS) is 11.5. The Morgan fingerprint density at radius 2 is 2.03 bits per heavy atom. The summed E-state index contributed by atoms with van der Waals surface area (Å²) < 4.78 is 13.6. The molecule has 0 atom stereocenters. The van der Waals surface area contributed by atoms with Gasteiger partial charge in [-0.3, -0.25) is 18.7 Å². The number of imidazole rings is 1. The number of carbonyl (C=O) groups excluding carboxylic acids is 1. The number of amides is 1. The molecule has 10 nitrogen and oxygen atoms in total. The third-order valence-electron chi connectivity index (χ3n) is 4.95. The minimum absolute atomic E-state index is 0.0480. The van der Waals surface area contributed by atoms with Crippen LogP contribution in [0.3, 0.4) is 0 Å². The average Bonchev–Trinajstić information content (AvgIpc) is 3.37. The molecule has 0 unspecified atom stereocenters. The predicted octanol–water partition coefficient (Wildman–Crippen LogP) is 1.47. The van der Waals surface area contributed by atoms with Crippen molar-refractivity contribution in [2.75, 3.05) is 6.54 Å². The van der Waals surface area contributed by atoms with Crippen molar-refractivity contribution in [2.45, 2.75) is 26.4 Å². The van der Waals surface area contributed by atoms with Gasteiger partial charge in [-0.2, -0.15) is 0 Å². The summed E-state index contributed by atoms with van der Waals surface area (Å²) in [4.78, 5) is 44.3. The van der Waals surface area contributed by atoms with Gasteiger partial charge < -0.3 is 19.5 Å². The topological polar surface area (TPSA) is 124 Å². The van der Waals surface area contributed by atoms with E-state index in [0.29, 0.717) is 29.1 Å². The number of hydrogen-bond acceptors (Lipinski definition) is 6. The molecule has 0 bridgehead atoms. The minimum Gasteiger partial charge on any atom is -0.490 e. The van der Waals surface area contributed by atoms with Crippen LogP contribution in [-0.4, -0.2) is 37.7 Å². The highest BCUT2D eigenvalue weighted by Gasteiger charge is 2.16. The quantitative estimate of drug-likeness (QED) is 0.482. The molecule has 0 saturated carbocycles. The fraction of sp³-hybridized carbons (Fsp3) is 0.333. The monoisotopic (exact) mass is 425 g/mol. The maximum Gasteiger partial charge on any atom is 0.332 e. The highest BCUT2D eigenvalue weighted by molar-refractivity contribution is 5.99. The zero-order valence-electron chi connectivity index (χ0n) is 17.7. The molecular formula is C21H23N5O5. The van der Waals surface area contributed by atoms with Crippen LogP contribution in [0.4, 0.5) is 0 Å². The van der Waals surface area contributed by atoms with Gasteiger partial charge in [0.15, 0.2) is 5.65 Å². The van der Waals surface area contributed by atoms with Crippen molar-refractivity contribution in [3.8, 4) is 5.75 Å². The number of fused-ring (bicyclic) bond motifs is 2. The Hall–Kier alpha value is -3.82. The first-order valence-electron chi connectivity index (χ1n) is 9.87. The Balaban J connectivity index is 1.51. The number of aromatic amines is 1. The number of ether oxygens (including phenoxy) is 1. The van der Waals surface area contributed by atoms with Crippen molar-refractivity contribution in [3.05, 3.63) is 56.7 Å². The van der Waals surface area contributed by atoms with Crippen LogP contribution in [-0.2, 0) is 20.5 Å². The van der Waals surface area contributed by atoms with Crippen molar-refractivity contribution in [3.63, 3.8) is 0 Å². The second kappa shape index (κ2) is 7.78. The largest absolute Gasteiger partial charge is 0.490 e. The van der Waals surface area contributed by atoms with E-state index in [4.69, 9.17) is 9.15 Å². The van der Waals surface area contributed by atoms with Crippen LogP contribution in [0.2, 0.25) is 0 Å². The second-order valence-electron chi connectivity index (χ2n) is 7.57. The van der Waals surface area contributed by atoms with Gasteiger partial charge in [0.25, 0.3) is 11.5 Å². The summed E-state index contributed by atoms with van der Waals surface area (Å²) in [6.45, 7) is 4.10. The molecule has 0 radical (unpaired) electrons. The van der Waals surface area contributed by atoms with E-state index in [1.165, 1.54) is 11.6 Å². The van der Waals surface area contributed by atoms with E-state index < -0.39 is 11.2 Å². The Morgan fingerprint density at radius 3 is 2.77 bits per heavy atom. The molecule has 4 rings (SSSR count). The van der Waals surface area contributed by atoms with Crippen LogP contribution in [0.5, 0.6) is 5.75 Å². The summed E-state index contributed by atoms with van der Waals surface area (Å²) in [7, 11) is 2.97. The highest BCUT2D eigenvalue weighted by atomic mass is 16.5. The first-order valence-corrected chi connectivity index (χ1v) is 9.87. The predicted molar refractivity (Wildman–Crippen MR) is 115 cm³/mol. The first kappa shape index (κ1) is 20.5. The fourth-order valence-electron chi connectivity index (χ4n) is 3.41. The maximum absolute atomic E-state index is 12.7. The lowest BCUT2D eigenvalue weighted by molar-refractivity contribution is 0.0953. The summed E-state index contributed by atoms with van der Waals surface area (Å²) in [5.41, 5.74) is 0.635. The number of aryl methyl sites for hydroxylation is 1. The van der Waals surface area contributed by atoms with E-state index in [9.17, 15) is 14.4 Å². The number of aromatic nitrogens is 4. The Kier molecular flexibility index (Phi) is 5.14. The Labute approximate surface area is 176 Å². The molecule has 0 fully saturated rings. The Morgan fingerprint density at radius 1 is 1.26 bits per heavy atom. The molecule has 162 valence electrons. The lowest BCUT2D eigenvalue weighted by Gasteiger charge is -2.12. The number of nitrogens with zero attached hydrogens (tertiary/aromatic N) is 3. The maximum atomic E-state index is 12.7. The van der Waals surface area contributed by atoms with E-state index in [1.54, 1.807) is 31.5 Å². The van der Waals surface area contributed by atoms with E-state index in [0.717, 1.165) is 9.95 Å². The van der Waals surface area contributed by atoms with Gasteiger partial charge in [-0.1, -0.05) is 0 Å². The lowest BCUT2D eigenvalue weighted by atomic mass is 10.1. The number of carbonyl (C=O) groups is 1. The standard InChI is InChI=1S/C21H23N5O5/c1-11(2)31-15-10-12(9-14-13(15)6-8-30-14)19(27)22-7-5-16-23-17-18(24-16)25(3)21(29)26(4)20(17)28/h6,8-11H,5,7H2,1-4H3,(H,22,27)(H,23,24). The molecule has 31 heavy (non-hydrogen) atoms. The molecule has 3 heterocycles. The van der Waals surface area contributed by atoms with Gasteiger partial charge in [0.2, 0.25) is 0 Å². The zero-order chi connectivity index (χ0) is 22.3. The summed E-state index contributed by atoms with van der Waals surface area (Å²) in [6, 6.07) is 5.15. The van der Waals surface area contributed by atoms with Crippen molar-refractivity contribution in [2.24, 2.45) is 14.1 Å². The van der Waals surface area contributed by atoms with Gasteiger partial charge in [0.1, 0.15) is 22.7 Å². The van der Waals surface area contributed by atoms with Crippen LogP contribution in [0.1, 0.15) is 30.0 Å². The fourth-order valence-corrected chi connectivity index (χ4v) is 3.41. The molecule has 1 amide bonds. The molecule has 2 N–H and O–H groups in total. The molecule has 0 aliphatic heterocycles. The van der Waals surface area contributed by atoms with Crippen molar-refractivity contribution in [1.82, 2.24) is 24.4 Å². The van der Waals surface area contributed by atoms with Gasteiger partial charge in [-0.25, -0.2) is 9.78 Å². The molecule has 0 aliphatic carbocycles. The molecule has 0 spiro atoms. The molecule has 4 aromatic rings. The van der Waals surface area contributed by atoms with Crippen LogP contribution in [0, 0.1) is 0 Å². The van der Waals surface area contributed by atoms with Crippen LogP contribution >= 0.6 is 0 Å². The number of nitrogens with one attached hydrogen (secondary N) is 2. The lowest BCUT2D eigenvalue weighted by Crippen LogP contribution is -2.36. The number of hydrogen-bond donors (Lipinski definition) is 2. The summed E-state index contributed by atoms with van der Waals surface area (Å²) >= 11 is 0. The molecule has 10 heteroatoms. The number of benzene rings is 1. The van der Waals surface area contributed by atoms with Crippen molar-refractivity contribution >= 4 is 28.0 Å². The second-order valence-corrected chi connectivity index (χ2v) is 7.57. The number of H-pyrrole nitrogens is 1. The molecule has 0 saturated heterocycles. The third kappa shape index (κ3) is 3.72. The highest BCUT2D eigenvalue weighted by Crippen LogP contribution is 2.29. The van der Waals surface area contributed by atoms with E-state index >= 15 is 0 Å². The van der Waals surface area contributed by atoms with Gasteiger partial charge in [0, 0.05) is 32.6 Å². The average molecular weight is 425 g/mol. The van der Waals surface area contributed by atoms with Crippen LogP contribution in [0.15, 0.2) is 38.5 Å². The van der Waals surface area contributed by atoms with E-state index in [-0.39, 0.29) is 29.7 Å². The zero-order valence-corrected chi connectivity index (χ0v) is 17.7. The van der Waals surface area contributed by atoms with E-state index in [2.05, 4.69) is 15.3 Å². The summed E-state index contributed by atoms with van der Waals surface area (Å²) in [6.07, 6.45) is 1.86. The summed E-state index contributed by atoms with van der Waals surface area (Å²) in [5, 5.41) is 3.64. The SMILES string of the molecule is CC(C)Oc1cc(C(=O)NCCc2nc3c([nH]2)c(=O)n(C)c(=O)n3C)cc2occc12. The van der Waals surface area contributed by atoms with Gasteiger partial charge >= 0.3 is 5.69 Å². The van der Waals surface area contributed by atoms with Crippen molar-refractivity contribution in [1.29, 1.82) is 0 Å². The minimum atomic E-state index is -0.448. The molecule has 3 aromatic heterocycles. The van der Waals surface area contributed by atoms with Crippen molar-refractivity contribution < 1.29 is 13.9 Å². The van der Waals surface area contributed by atoms with Gasteiger partial charge in [0.05, 0.1) is 17.8 Å². The third-order valence-corrected chi connectivity index (χ3v) is 4.95. The number of rotatable bonds is 6. The number of furan rings is 1. The Bertz CT molecular complexity index is 1410. The van der Waals surface area contributed by atoms with Crippen LogP contribution < -0.4 is 21.3 Å². The molecular weight excluding hydrogens is 402 g/mol.